The molecule has 0 aliphatic carbocycles. The first-order valence-corrected chi connectivity index (χ1v) is 12.0. The summed E-state index contributed by atoms with van der Waals surface area (Å²) in [5, 5.41) is 9.31. The van der Waals surface area contributed by atoms with E-state index in [9.17, 15) is 14.0 Å². The van der Waals surface area contributed by atoms with Crippen LogP contribution in [0.4, 0.5) is 10.2 Å². The fourth-order valence-electron chi connectivity index (χ4n) is 4.05. The Morgan fingerprint density at radius 3 is 2.31 bits per heavy atom. The summed E-state index contributed by atoms with van der Waals surface area (Å²) >= 11 is 6.25. The van der Waals surface area contributed by atoms with Crippen molar-refractivity contribution in [2.45, 2.75) is 13.3 Å². The van der Waals surface area contributed by atoms with E-state index in [0.717, 1.165) is 17.8 Å². The maximum Gasteiger partial charge on any atom is 0.254 e. The number of carbonyl (C=O) groups excluding carboxylic acids is 2. The second kappa shape index (κ2) is 11.3. The van der Waals surface area contributed by atoms with Gasteiger partial charge in [-0.2, -0.15) is 0 Å². The van der Waals surface area contributed by atoms with Crippen LogP contribution in [0.5, 0.6) is 0 Å². The van der Waals surface area contributed by atoms with Gasteiger partial charge < -0.3 is 14.7 Å². The monoisotopic (exact) mass is 495 g/mol. The third kappa shape index (κ3) is 5.95. The van der Waals surface area contributed by atoms with E-state index >= 15 is 0 Å². The van der Waals surface area contributed by atoms with Crippen LogP contribution >= 0.6 is 11.6 Å². The third-order valence-corrected chi connectivity index (χ3v) is 6.28. The van der Waals surface area contributed by atoms with E-state index in [1.54, 1.807) is 4.90 Å². The fraction of sp³-hybridized carbons (Fsp3) is 0.308. The number of benzene rings is 2. The molecule has 182 valence electrons. The predicted molar refractivity (Wildman–Crippen MR) is 134 cm³/mol. The van der Waals surface area contributed by atoms with Gasteiger partial charge in [-0.15, -0.1) is 10.2 Å². The van der Waals surface area contributed by atoms with Crippen LogP contribution in [0, 0.1) is 5.82 Å². The average Bonchev–Trinajstić information content (AvgIpc) is 2.89. The Kier molecular flexibility index (Phi) is 7.92. The van der Waals surface area contributed by atoms with Gasteiger partial charge in [0.05, 0.1) is 10.7 Å². The quantitative estimate of drug-likeness (QED) is 0.493. The molecule has 1 fully saturated rings. The largest absolute Gasteiger partial charge is 0.352 e. The van der Waals surface area contributed by atoms with Gasteiger partial charge in [0.1, 0.15) is 12.4 Å². The van der Waals surface area contributed by atoms with E-state index < -0.39 is 5.82 Å². The van der Waals surface area contributed by atoms with E-state index in [-0.39, 0.29) is 18.4 Å². The Morgan fingerprint density at radius 2 is 1.69 bits per heavy atom. The molecule has 1 saturated heterocycles. The summed E-state index contributed by atoms with van der Waals surface area (Å²) in [5.74, 6) is -0.0332. The lowest BCUT2D eigenvalue weighted by molar-refractivity contribution is -0.132. The minimum Gasteiger partial charge on any atom is -0.352 e. The van der Waals surface area contributed by atoms with Gasteiger partial charge in [-0.1, -0.05) is 36.7 Å². The highest BCUT2D eigenvalue weighted by Gasteiger charge is 2.25. The highest BCUT2D eigenvalue weighted by atomic mass is 35.5. The van der Waals surface area contributed by atoms with Crippen LogP contribution in [-0.2, 0) is 4.79 Å². The standard InChI is InChI=1S/C26H27ClFN5O2/c1-2-13-33(26(35)19-7-9-20(28)10-8-19)18-25(34)32-16-14-31(15-17-32)24-12-11-23(29-30-24)21-5-3-4-6-22(21)27/h3-12H,2,13-18H2,1H3. The first-order chi connectivity index (χ1) is 17.0. The van der Waals surface area contributed by atoms with Gasteiger partial charge in [-0.25, -0.2) is 4.39 Å². The number of anilines is 1. The SMILES string of the molecule is CCCN(CC(=O)N1CCN(c2ccc(-c3ccccc3Cl)nn2)CC1)C(=O)c1ccc(F)cc1. The second-order valence-electron chi connectivity index (χ2n) is 8.36. The minimum atomic E-state index is -0.402. The maximum atomic E-state index is 13.2. The van der Waals surface area contributed by atoms with Crippen molar-refractivity contribution >= 4 is 29.2 Å². The molecule has 2 aromatic carbocycles. The Labute approximate surface area is 209 Å². The van der Waals surface area contributed by atoms with Crippen LogP contribution in [0.1, 0.15) is 23.7 Å². The van der Waals surface area contributed by atoms with Gasteiger partial charge >= 0.3 is 0 Å². The molecule has 9 heteroatoms. The molecule has 4 rings (SSSR count). The van der Waals surface area contributed by atoms with Crippen molar-refractivity contribution in [2.75, 3.05) is 44.2 Å². The number of piperazine rings is 1. The number of aromatic nitrogens is 2. The van der Waals surface area contributed by atoms with E-state index in [2.05, 4.69) is 15.1 Å². The van der Waals surface area contributed by atoms with Gasteiger partial charge in [0, 0.05) is 43.9 Å². The normalized spacial score (nSPS) is 13.6. The van der Waals surface area contributed by atoms with Crippen LogP contribution in [0.25, 0.3) is 11.3 Å². The number of amides is 2. The first kappa shape index (κ1) is 24.6. The van der Waals surface area contributed by atoms with E-state index in [4.69, 9.17) is 11.6 Å². The number of carbonyl (C=O) groups is 2. The highest BCUT2D eigenvalue weighted by molar-refractivity contribution is 6.33. The molecule has 3 aromatic rings. The fourth-order valence-corrected chi connectivity index (χ4v) is 4.28. The van der Waals surface area contributed by atoms with Crippen LogP contribution in [0.15, 0.2) is 60.7 Å². The molecule has 1 aliphatic rings. The molecule has 35 heavy (non-hydrogen) atoms. The number of hydrogen-bond acceptors (Lipinski definition) is 5. The summed E-state index contributed by atoms with van der Waals surface area (Å²) in [5.41, 5.74) is 1.90. The lowest BCUT2D eigenvalue weighted by Gasteiger charge is -2.36. The van der Waals surface area contributed by atoms with Crippen LogP contribution in [0.2, 0.25) is 5.02 Å². The molecule has 7 nitrogen and oxygen atoms in total. The topological polar surface area (TPSA) is 69.6 Å². The Morgan fingerprint density at radius 1 is 0.971 bits per heavy atom. The van der Waals surface area contributed by atoms with Crippen molar-refractivity contribution in [3.05, 3.63) is 77.1 Å². The minimum absolute atomic E-state index is 0.00358. The molecule has 1 aliphatic heterocycles. The Balaban J connectivity index is 1.34. The predicted octanol–water partition coefficient (Wildman–Crippen LogP) is 4.14. The second-order valence-corrected chi connectivity index (χ2v) is 8.77. The molecule has 0 spiro atoms. The smallest absolute Gasteiger partial charge is 0.254 e. The average molecular weight is 496 g/mol. The van der Waals surface area contributed by atoms with E-state index in [1.807, 2.05) is 43.3 Å². The molecule has 0 unspecified atom stereocenters. The van der Waals surface area contributed by atoms with Gasteiger partial charge in [0.15, 0.2) is 5.82 Å². The molecule has 0 radical (unpaired) electrons. The van der Waals surface area contributed by atoms with Crippen molar-refractivity contribution in [1.29, 1.82) is 0 Å². The summed E-state index contributed by atoms with van der Waals surface area (Å²) in [6, 6.07) is 16.7. The van der Waals surface area contributed by atoms with Crippen LogP contribution in [-0.4, -0.2) is 71.1 Å². The number of nitrogens with zero attached hydrogens (tertiary/aromatic N) is 5. The van der Waals surface area contributed by atoms with Gasteiger partial charge in [0.25, 0.3) is 5.91 Å². The van der Waals surface area contributed by atoms with E-state index in [0.29, 0.717) is 49.0 Å². The highest BCUT2D eigenvalue weighted by Crippen LogP contribution is 2.26. The van der Waals surface area contributed by atoms with Crippen molar-refractivity contribution in [3.8, 4) is 11.3 Å². The van der Waals surface area contributed by atoms with Crippen LogP contribution in [0.3, 0.4) is 0 Å². The summed E-state index contributed by atoms with van der Waals surface area (Å²) in [7, 11) is 0. The Hall–Kier alpha value is -3.52. The van der Waals surface area contributed by atoms with Crippen molar-refractivity contribution in [3.63, 3.8) is 0 Å². The zero-order chi connectivity index (χ0) is 24.8. The lowest BCUT2D eigenvalue weighted by atomic mass is 10.1. The zero-order valence-corrected chi connectivity index (χ0v) is 20.3. The summed E-state index contributed by atoms with van der Waals surface area (Å²) < 4.78 is 13.2. The summed E-state index contributed by atoms with van der Waals surface area (Å²) in [4.78, 5) is 31.2. The van der Waals surface area contributed by atoms with Crippen molar-refractivity contribution in [2.24, 2.45) is 0 Å². The van der Waals surface area contributed by atoms with Crippen molar-refractivity contribution in [1.82, 2.24) is 20.0 Å². The maximum absolute atomic E-state index is 13.2. The molecule has 2 heterocycles. The van der Waals surface area contributed by atoms with Gasteiger partial charge in [0.2, 0.25) is 5.91 Å². The molecule has 2 amide bonds. The number of rotatable bonds is 7. The third-order valence-electron chi connectivity index (χ3n) is 5.95. The molecule has 1 aromatic heterocycles. The van der Waals surface area contributed by atoms with Gasteiger partial charge in [-0.05, 0) is 48.9 Å². The molecular weight excluding hydrogens is 469 g/mol. The number of hydrogen-bond donors (Lipinski definition) is 0. The molecule has 0 bridgehead atoms. The van der Waals surface area contributed by atoms with E-state index in [1.165, 1.54) is 29.2 Å². The van der Waals surface area contributed by atoms with Crippen molar-refractivity contribution < 1.29 is 14.0 Å². The summed E-state index contributed by atoms with van der Waals surface area (Å²) in [6.07, 6.45) is 0.719. The zero-order valence-electron chi connectivity index (χ0n) is 19.5. The first-order valence-electron chi connectivity index (χ1n) is 11.6. The molecule has 0 saturated carbocycles. The van der Waals surface area contributed by atoms with Crippen LogP contribution < -0.4 is 4.90 Å². The molecular formula is C26H27ClFN5O2. The summed E-state index contributed by atoms with van der Waals surface area (Å²) in [6.45, 7) is 4.68. The molecule has 0 atom stereocenters. The van der Waals surface area contributed by atoms with Gasteiger partial charge in [-0.3, -0.25) is 9.59 Å². The number of halogens is 2. The molecule has 0 N–H and O–H groups in total. The Bertz CT molecular complexity index is 1170. The lowest BCUT2D eigenvalue weighted by Crippen LogP contribution is -2.52.